The number of nitrogens with zero attached hydrogens (tertiary/aromatic N) is 5. The molecular weight excluding hydrogens is 280 g/mol. The standard InChI is InChI=1S/C15H24N6O/c1-10(2)21-9-16-19-15(21)8-20-6-12(14(22)7-20)5-13-4-11(3)17-18-13/h4,9-10,12,14,22H,5-8H2,1-3H3,(H,17,18)/t12-,14+/m1/s1. The SMILES string of the molecule is Cc1cc(C[C@@H]2CN(Cc3nncn3C(C)C)C[C@@H]2O)n[nH]1. The summed E-state index contributed by atoms with van der Waals surface area (Å²) < 4.78 is 2.08. The fourth-order valence-corrected chi connectivity index (χ4v) is 3.13. The number of H-pyrrole nitrogens is 1. The predicted molar refractivity (Wildman–Crippen MR) is 82.2 cm³/mol. The fourth-order valence-electron chi connectivity index (χ4n) is 3.13. The second kappa shape index (κ2) is 6.18. The summed E-state index contributed by atoms with van der Waals surface area (Å²) in [5.74, 6) is 1.18. The number of hydrogen-bond acceptors (Lipinski definition) is 5. The highest BCUT2D eigenvalue weighted by Gasteiger charge is 2.32. The number of rotatable bonds is 5. The lowest BCUT2D eigenvalue weighted by Crippen LogP contribution is -2.24. The van der Waals surface area contributed by atoms with Gasteiger partial charge in [-0.05, 0) is 33.3 Å². The number of likely N-dealkylation sites (tertiary alicyclic amines) is 1. The summed E-state index contributed by atoms with van der Waals surface area (Å²) in [6.45, 7) is 8.50. The molecule has 2 aromatic rings. The van der Waals surface area contributed by atoms with Gasteiger partial charge in [0.05, 0.1) is 18.3 Å². The maximum absolute atomic E-state index is 10.3. The van der Waals surface area contributed by atoms with Crippen molar-refractivity contribution in [1.82, 2.24) is 29.9 Å². The first-order valence-corrected chi connectivity index (χ1v) is 7.82. The molecule has 0 saturated carbocycles. The number of aromatic amines is 1. The van der Waals surface area contributed by atoms with Gasteiger partial charge in [0, 0.05) is 30.7 Å². The Bertz CT molecular complexity index is 619. The molecule has 22 heavy (non-hydrogen) atoms. The van der Waals surface area contributed by atoms with Crippen LogP contribution < -0.4 is 0 Å². The van der Waals surface area contributed by atoms with Gasteiger partial charge in [0.15, 0.2) is 0 Å². The van der Waals surface area contributed by atoms with Gasteiger partial charge in [-0.15, -0.1) is 10.2 Å². The lowest BCUT2D eigenvalue weighted by Gasteiger charge is -2.17. The number of aliphatic hydroxyl groups is 1. The Balaban J connectivity index is 1.62. The molecule has 2 aromatic heterocycles. The van der Waals surface area contributed by atoms with Gasteiger partial charge in [-0.1, -0.05) is 0 Å². The molecule has 0 aromatic carbocycles. The zero-order chi connectivity index (χ0) is 15.7. The first-order valence-electron chi connectivity index (χ1n) is 7.82. The molecule has 120 valence electrons. The first-order chi connectivity index (χ1) is 10.5. The zero-order valence-electron chi connectivity index (χ0n) is 13.4. The van der Waals surface area contributed by atoms with Gasteiger partial charge in [-0.2, -0.15) is 5.10 Å². The summed E-state index contributed by atoms with van der Waals surface area (Å²) in [5, 5.41) is 25.8. The Morgan fingerprint density at radius 2 is 2.23 bits per heavy atom. The normalized spacial score (nSPS) is 22.8. The third kappa shape index (κ3) is 3.20. The molecule has 1 saturated heterocycles. The van der Waals surface area contributed by atoms with Crippen molar-refractivity contribution in [3.63, 3.8) is 0 Å². The molecule has 7 heteroatoms. The molecule has 2 N–H and O–H groups in total. The number of aryl methyl sites for hydroxylation is 1. The molecule has 0 amide bonds. The fraction of sp³-hybridized carbons (Fsp3) is 0.667. The van der Waals surface area contributed by atoms with Gasteiger partial charge >= 0.3 is 0 Å². The molecule has 0 bridgehead atoms. The van der Waals surface area contributed by atoms with Crippen LogP contribution in [0, 0.1) is 12.8 Å². The molecule has 1 aliphatic rings. The highest BCUT2D eigenvalue weighted by molar-refractivity contribution is 5.08. The highest BCUT2D eigenvalue weighted by Crippen LogP contribution is 2.23. The number of hydrogen-bond donors (Lipinski definition) is 2. The highest BCUT2D eigenvalue weighted by atomic mass is 16.3. The Hall–Kier alpha value is -1.73. The molecule has 1 fully saturated rings. The van der Waals surface area contributed by atoms with Crippen LogP contribution in [0.25, 0.3) is 0 Å². The van der Waals surface area contributed by atoms with E-state index in [4.69, 9.17) is 0 Å². The van der Waals surface area contributed by atoms with Crippen molar-refractivity contribution >= 4 is 0 Å². The van der Waals surface area contributed by atoms with E-state index in [2.05, 4.69) is 43.7 Å². The zero-order valence-corrected chi connectivity index (χ0v) is 13.4. The molecule has 7 nitrogen and oxygen atoms in total. The quantitative estimate of drug-likeness (QED) is 0.858. The van der Waals surface area contributed by atoms with Crippen LogP contribution in [0.1, 0.15) is 37.1 Å². The van der Waals surface area contributed by atoms with Crippen molar-refractivity contribution in [2.75, 3.05) is 13.1 Å². The summed E-state index contributed by atoms with van der Waals surface area (Å²) >= 11 is 0. The predicted octanol–water partition coefficient (Wildman–Crippen LogP) is 0.926. The van der Waals surface area contributed by atoms with Crippen molar-refractivity contribution < 1.29 is 5.11 Å². The number of aromatic nitrogens is 5. The molecule has 3 heterocycles. The smallest absolute Gasteiger partial charge is 0.147 e. The van der Waals surface area contributed by atoms with E-state index in [9.17, 15) is 5.11 Å². The van der Waals surface area contributed by atoms with Gasteiger partial charge in [0.2, 0.25) is 0 Å². The van der Waals surface area contributed by atoms with Crippen LogP contribution in [0.2, 0.25) is 0 Å². The lowest BCUT2D eigenvalue weighted by molar-refractivity contribution is 0.140. The Kier molecular flexibility index (Phi) is 4.26. The van der Waals surface area contributed by atoms with Crippen molar-refractivity contribution in [1.29, 1.82) is 0 Å². The summed E-state index contributed by atoms with van der Waals surface area (Å²) in [6.07, 6.45) is 2.27. The molecule has 0 spiro atoms. The van der Waals surface area contributed by atoms with E-state index in [0.29, 0.717) is 12.6 Å². The van der Waals surface area contributed by atoms with Crippen molar-refractivity contribution in [3.05, 3.63) is 29.6 Å². The van der Waals surface area contributed by atoms with E-state index < -0.39 is 0 Å². The van der Waals surface area contributed by atoms with E-state index >= 15 is 0 Å². The largest absolute Gasteiger partial charge is 0.391 e. The lowest BCUT2D eigenvalue weighted by atomic mass is 10.0. The minimum atomic E-state index is -0.313. The molecule has 3 rings (SSSR count). The molecular formula is C15H24N6O. The average molecular weight is 304 g/mol. The van der Waals surface area contributed by atoms with Crippen molar-refractivity contribution in [2.24, 2.45) is 5.92 Å². The number of β-amino-alcohol motifs (C(OH)–C–C–N with tert-alkyl or cyclic N) is 1. The summed E-state index contributed by atoms with van der Waals surface area (Å²) in [7, 11) is 0. The van der Waals surface area contributed by atoms with Crippen LogP contribution >= 0.6 is 0 Å². The Labute approximate surface area is 130 Å². The van der Waals surface area contributed by atoms with Gasteiger partial charge in [0.1, 0.15) is 12.2 Å². The molecule has 2 atom stereocenters. The molecule has 1 aliphatic heterocycles. The van der Waals surface area contributed by atoms with Crippen LogP contribution in [0.5, 0.6) is 0 Å². The van der Waals surface area contributed by atoms with E-state index in [0.717, 1.165) is 36.7 Å². The Morgan fingerprint density at radius 3 is 2.91 bits per heavy atom. The topological polar surface area (TPSA) is 82.9 Å². The minimum Gasteiger partial charge on any atom is -0.391 e. The maximum Gasteiger partial charge on any atom is 0.147 e. The summed E-state index contributed by atoms with van der Waals surface area (Å²) in [5.41, 5.74) is 2.08. The minimum absolute atomic E-state index is 0.220. The Morgan fingerprint density at radius 1 is 1.41 bits per heavy atom. The van der Waals surface area contributed by atoms with Crippen LogP contribution in [0.4, 0.5) is 0 Å². The van der Waals surface area contributed by atoms with Crippen LogP contribution in [0.15, 0.2) is 12.4 Å². The number of nitrogens with one attached hydrogen (secondary N) is 1. The van der Waals surface area contributed by atoms with Crippen molar-refractivity contribution in [3.8, 4) is 0 Å². The molecule has 0 unspecified atom stereocenters. The number of aliphatic hydroxyl groups excluding tert-OH is 1. The second-order valence-corrected chi connectivity index (χ2v) is 6.52. The van der Waals surface area contributed by atoms with E-state index in [1.54, 1.807) is 6.33 Å². The van der Waals surface area contributed by atoms with Crippen LogP contribution in [0.3, 0.4) is 0 Å². The van der Waals surface area contributed by atoms with Crippen LogP contribution in [-0.4, -0.2) is 54.2 Å². The maximum atomic E-state index is 10.3. The molecule has 0 aliphatic carbocycles. The summed E-state index contributed by atoms with van der Waals surface area (Å²) in [6, 6.07) is 2.39. The van der Waals surface area contributed by atoms with Crippen molar-refractivity contribution in [2.45, 2.75) is 45.9 Å². The molecule has 0 radical (unpaired) electrons. The van der Waals surface area contributed by atoms with E-state index in [1.807, 2.05) is 13.0 Å². The third-order valence-corrected chi connectivity index (χ3v) is 4.28. The second-order valence-electron chi connectivity index (χ2n) is 6.52. The van der Waals surface area contributed by atoms with Gasteiger partial charge in [0.25, 0.3) is 0 Å². The monoisotopic (exact) mass is 304 g/mol. The van der Waals surface area contributed by atoms with Crippen LogP contribution in [-0.2, 0) is 13.0 Å². The average Bonchev–Trinajstić information content (AvgIpc) is 3.13. The first kappa shape index (κ1) is 15.2. The van der Waals surface area contributed by atoms with E-state index in [1.165, 1.54) is 0 Å². The van der Waals surface area contributed by atoms with Gasteiger partial charge in [-0.3, -0.25) is 10.00 Å². The third-order valence-electron chi connectivity index (χ3n) is 4.28. The summed E-state index contributed by atoms with van der Waals surface area (Å²) in [4.78, 5) is 2.25. The van der Waals surface area contributed by atoms with Gasteiger partial charge < -0.3 is 9.67 Å². The van der Waals surface area contributed by atoms with Gasteiger partial charge in [-0.25, -0.2) is 0 Å². The van der Waals surface area contributed by atoms with E-state index in [-0.39, 0.29) is 12.0 Å².